The lowest BCUT2D eigenvalue weighted by atomic mass is 10.1. The van der Waals surface area contributed by atoms with Crippen LogP contribution in [0.2, 0.25) is 0 Å². The first-order valence-electron chi connectivity index (χ1n) is 6.13. The number of hydrogen-bond donors (Lipinski definition) is 2. The van der Waals surface area contributed by atoms with Crippen LogP contribution in [-0.2, 0) is 7.05 Å². The maximum Gasteiger partial charge on any atom is 0.0540 e. The van der Waals surface area contributed by atoms with E-state index in [-0.39, 0.29) is 0 Å². The van der Waals surface area contributed by atoms with E-state index < -0.39 is 0 Å². The van der Waals surface area contributed by atoms with Crippen LogP contribution in [0.3, 0.4) is 0 Å². The maximum absolute atomic E-state index is 4.28. The molecule has 4 nitrogen and oxygen atoms in total. The van der Waals surface area contributed by atoms with Crippen molar-refractivity contribution in [3.63, 3.8) is 0 Å². The van der Waals surface area contributed by atoms with E-state index in [9.17, 15) is 0 Å². The summed E-state index contributed by atoms with van der Waals surface area (Å²) in [6.07, 6.45) is 4.58. The minimum Gasteiger partial charge on any atom is -0.313 e. The van der Waals surface area contributed by atoms with E-state index in [2.05, 4.69) is 29.6 Å². The van der Waals surface area contributed by atoms with Crippen LogP contribution in [0.4, 0.5) is 0 Å². The Morgan fingerprint density at radius 1 is 1.69 bits per heavy atom. The minimum absolute atomic E-state index is 0.385. The van der Waals surface area contributed by atoms with Gasteiger partial charge in [0.15, 0.2) is 0 Å². The van der Waals surface area contributed by atoms with Gasteiger partial charge in [-0.05, 0) is 33.2 Å². The van der Waals surface area contributed by atoms with Gasteiger partial charge in [-0.15, -0.1) is 0 Å². The molecule has 1 saturated heterocycles. The first kappa shape index (κ1) is 11.6. The first-order chi connectivity index (χ1) is 7.68. The Morgan fingerprint density at radius 3 is 3.06 bits per heavy atom. The van der Waals surface area contributed by atoms with E-state index in [0.717, 1.165) is 6.54 Å². The molecule has 16 heavy (non-hydrogen) atoms. The second-order valence-corrected chi connectivity index (χ2v) is 4.73. The second-order valence-electron chi connectivity index (χ2n) is 4.73. The minimum atomic E-state index is 0.385. The molecule has 2 atom stereocenters. The zero-order valence-electron chi connectivity index (χ0n) is 10.5. The van der Waals surface area contributed by atoms with E-state index in [1.807, 2.05) is 17.9 Å². The molecule has 0 radical (unpaired) electrons. The van der Waals surface area contributed by atoms with Crippen LogP contribution in [-0.4, -0.2) is 28.9 Å². The fraction of sp³-hybridized carbons (Fsp3) is 0.750. The normalized spacial score (nSPS) is 22.6. The standard InChI is InChI=1S/C12H22N4/c1-9(12-8-15-16(3)10(12)2)14-7-11-5-4-6-13-11/h8-9,11,13-14H,4-7H2,1-3H3. The zero-order chi connectivity index (χ0) is 11.5. The van der Waals surface area contributed by atoms with Crippen LogP contribution in [0.15, 0.2) is 6.20 Å². The topological polar surface area (TPSA) is 41.9 Å². The van der Waals surface area contributed by atoms with Crippen LogP contribution in [0.25, 0.3) is 0 Å². The van der Waals surface area contributed by atoms with Gasteiger partial charge in [0.1, 0.15) is 0 Å². The van der Waals surface area contributed by atoms with Gasteiger partial charge < -0.3 is 10.6 Å². The number of aryl methyl sites for hydroxylation is 1. The molecule has 0 spiro atoms. The molecule has 1 aliphatic heterocycles. The molecule has 0 aliphatic carbocycles. The highest BCUT2D eigenvalue weighted by Crippen LogP contribution is 2.16. The third kappa shape index (κ3) is 2.44. The molecule has 90 valence electrons. The van der Waals surface area contributed by atoms with Crippen molar-refractivity contribution in [3.05, 3.63) is 17.5 Å². The number of rotatable bonds is 4. The summed E-state index contributed by atoms with van der Waals surface area (Å²) in [6, 6.07) is 1.04. The lowest BCUT2D eigenvalue weighted by Crippen LogP contribution is -2.35. The molecule has 1 aromatic rings. The van der Waals surface area contributed by atoms with E-state index in [4.69, 9.17) is 0 Å². The van der Waals surface area contributed by atoms with Gasteiger partial charge in [0, 0.05) is 36.9 Å². The Morgan fingerprint density at radius 2 is 2.50 bits per heavy atom. The van der Waals surface area contributed by atoms with E-state index in [0.29, 0.717) is 12.1 Å². The van der Waals surface area contributed by atoms with Gasteiger partial charge in [-0.2, -0.15) is 5.10 Å². The summed E-state index contributed by atoms with van der Waals surface area (Å²) >= 11 is 0. The monoisotopic (exact) mass is 222 g/mol. The van der Waals surface area contributed by atoms with Crippen molar-refractivity contribution in [1.82, 2.24) is 20.4 Å². The van der Waals surface area contributed by atoms with E-state index in [1.165, 1.54) is 30.6 Å². The molecule has 1 fully saturated rings. The summed E-state index contributed by atoms with van der Waals surface area (Å²) in [5, 5.41) is 11.4. The number of nitrogens with zero attached hydrogens (tertiary/aromatic N) is 2. The Kier molecular flexibility index (Phi) is 3.61. The van der Waals surface area contributed by atoms with Crippen LogP contribution in [0.5, 0.6) is 0 Å². The molecule has 2 N–H and O–H groups in total. The average Bonchev–Trinajstić information content (AvgIpc) is 2.88. The van der Waals surface area contributed by atoms with Crippen molar-refractivity contribution in [2.75, 3.05) is 13.1 Å². The summed E-state index contributed by atoms with van der Waals surface area (Å²) in [6.45, 7) is 6.55. The van der Waals surface area contributed by atoms with Crippen molar-refractivity contribution in [3.8, 4) is 0 Å². The molecule has 2 unspecified atom stereocenters. The Balaban J connectivity index is 1.87. The predicted octanol–water partition coefficient (Wildman–Crippen LogP) is 1.13. The van der Waals surface area contributed by atoms with Crippen molar-refractivity contribution in [2.45, 2.75) is 38.8 Å². The average molecular weight is 222 g/mol. The molecule has 2 rings (SSSR count). The number of aromatic nitrogens is 2. The molecule has 1 aliphatic rings. The third-order valence-electron chi connectivity index (χ3n) is 3.57. The third-order valence-corrected chi connectivity index (χ3v) is 3.57. The van der Waals surface area contributed by atoms with Gasteiger partial charge in [0.25, 0.3) is 0 Å². The van der Waals surface area contributed by atoms with E-state index >= 15 is 0 Å². The van der Waals surface area contributed by atoms with Gasteiger partial charge in [0.2, 0.25) is 0 Å². The highest BCUT2D eigenvalue weighted by atomic mass is 15.3. The summed E-state index contributed by atoms with van der Waals surface area (Å²) in [5.74, 6) is 0. The highest BCUT2D eigenvalue weighted by molar-refractivity contribution is 5.19. The molecule has 0 amide bonds. The van der Waals surface area contributed by atoms with E-state index in [1.54, 1.807) is 0 Å². The van der Waals surface area contributed by atoms with Crippen molar-refractivity contribution in [2.24, 2.45) is 7.05 Å². The van der Waals surface area contributed by atoms with Gasteiger partial charge in [-0.3, -0.25) is 4.68 Å². The molecule has 1 aromatic heterocycles. The Hall–Kier alpha value is -0.870. The van der Waals surface area contributed by atoms with Crippen LogP contribution in [0.1, 0.15) is 37.1 Å². The van der Waals surface area contributed by atoms with Crippen molar-refractivity contribution < 1.29 is 0 Å². The maximum atomic E-state index is 4.28. The largest absolute Gasteiger partial charge is 0.313 e. The molecule has 0 saturated carbocycles. The summed E-state index contributed by atoms with van der Waals surface area (Å²) < 4.78 is 1.93. The molecule has 0 aromatic carbocycles. The molecular weight excluding hydrogens is 200 g/mol. The fourth-order valence-electron chi connectivity index (χ4n) is 2.30. The van der Waals surface area contributed by atoms with Crippen LogP contribution in [0, 0.1) is 6.92 Å². The van der Waals surface area contributed by atoms with Crippen molar-refractivity contribution in [1.29, 1.82) is 0 Å². The summed E-state index contributed by atoms with van der Waals surface area (Å²) in [7, 11) is 1.99. The van der Waals surface area contributed by atoms with Gasteiger partial charge in [0.05, 0.1) is 6.20 Å². The van der Waals surface area contributed by atoms with Crippen LogP contribution >= 0.6 is 0 Å². The SMILES string of the molecule is Cc1c(C(C)NCC2CCCN2)cnn1C. The first-order valence-corrected chi connectivity index (χ1v) is 6.13. The van der Waals surface area contributed by atoms with Crippen molar-refractivity contribution >= 4 is 0 Å². The smallest absolute Gasteiger partial charge is 0.0540 e. The van der Waals surface area contributed by atoms with Gasteiger partial charge in [-0.1, -0.05) is 0 Å². The Bertz CT molecular complexity index is 339. The summed E-state index contributed by atoms with van der Waals surface area (Å²) in [5.41, 5.74) is 2.56. The van der Waals surface area contributed by atoms with Gasteiger partial charge in [-0.25, -0.2) is 0 Å². The lowest BCUT2D eigenvalue weighted by molar-refractivity contribution is 0.488. The number of nitrogens with one attached hydrogen (secondary N) is 2. The second kappa shape index (κ2) is 4.97. The molecular formula is C12H22N4. The quantitative estimate of drug-likeness (QED) is 0.802. The van der Waals surface area contributed by atoms with Crippen LogP contribution < -0.4 is 10.6 Å². The Labute approximate surface area is 97.4 Å². The molecule has 4 heteroatoms. The highest BCUT2D eigenvalue weighted by Gasteiger charge is 2.16. The molecule has 2 heterocycles. The summed E-state index contributed by atoms with van der Waals surface area (Å²) in [4.78, 5) is 0. The lowest BCUT2D eigenvalue weighted by Gasteiger charge is -2.17. The fourth-order valence-corrected chi connectivity index (χ4v) is 2.30. The zero-order valence-corrected chi connectivity index (χ0v) is 10.5. The predicted molar refractivity (Wildman–Crippen MR) is 65.4 cm³/mol. The van der Waals surface area contributed by atoms with Gasteiger partial charge >= 0.3 is 0 Å². The number of hydrogen-bond acceptors (Lipinski definition) is 3. The molecule has 0 bridgehead atoms.